The summed E-state index contributed by atoms with van der Waals surface area (Å²) in [6.45, 7) is 0. The van der Waals surface area contributed by atoms with Crippen molar-refractivity contribution in [2.75, 3.05) is 11.6 Å². The molecule has 9 heteroatoms. The van der Waals surface area contributed by atoms with Crippen molar-refractivity contribution in [2.24, 2.45) is 0 Å². The summed E-state index contributed by atoms with van der Waals surface area (Å²) in [5.74, 6) is 0.430. The molecule has 0 saturated carbocycles. The molecule has 3 rings (SSSR count). The molecule has 0 radical (unpaired) electrons. The number of aliphatic hydroxyl groups excluding tert-OH is 1. The summed E-state index contributed by atoms with van der Waals surface area (Å²) in [6, 6.07) is 11.4. The van der Waals surface area contributed by atoms with Crippen LogP contribution in [0.25, 0.3) is 11.0 Å². The summed E-state index contributed by atoms with van der Waals surface area (Å²) < 4.78 is 23.2. The second-order valence-corrected chi connectivity index (χ2v) is 7.33. The maximum Gasteiger partial charge on any atom is 0.205 e. The molecule has 1 unspecified atom stereocenters. The average molecular weight is 348 g/mol. The summed E-state index contributed by atoms with van der Waals surface area (Å²) >= 11 is 0. The predicted molar refractivity (Wildman–Crippen MR) is 88.8 cm³/mol. The molecule has 1 aromatic heterocycles. The molecule has 3 aromatic rings. The van der Waals surface area contributed by atoms with Gasteiger partial charge in [-0.1, -0.05) is 12.1 Å². The number of hydroxylamine groups is 1. The van der Waals surface area contributed by atoms with Gasteiger partial charge in [0, 0.05) is 11.9 Å². The van der Waals surface area contributed by atoms with Gasteiger partial charge in [-0.2, -0.15) is 5.48 Å². The van der Waals surface area contributed by atoms with Crippen LogP contribution in [0, 0.1) is 0 Å². The Morgan fingerprint density at radius 2 is 2.00 bits per heavy atom. The lowest BCUT2D eigenvalue weighted by Crippen LogP contribution is -2.15. The van der Waals surface area contributed by atoms with E-state index in [1.807, 2.05) is 0 Å². The lowest BCUT2D eigenvalue weighted by Gasteiger charge is -2.10. The number of fused-ring (bicyclic) bond motifs is 1. The number of H-pyrrole nitrogens is 1. The maximum absolute atomic E-state index is 11.6. The van der Waals surface area contributed by atoms with Gasteiger partial charge in [-0.15, -0.1) is 0 Å². The van der Waals surface area contributed by atoms with Crippen LogP contribution in [-0.2, 0) is 9.84 Å². The molecule has 5 N–H and O–H groups in total. The van der Waals surface area contributed by atoms with Gasteiger partial charge in [0.05, 0.1) is 15.9 Å². The van der Waals surface area contributed by atoms with Crippen molar-refractivity contribution < 1.29 is 18.7 Å². The Morgan fingerprint density at radius 1 is 1.21 bits per heavy atom. The highest BCUT2D eigenvalue weighted by Gasteiger charge is 2.11. The zero-order valence-electron chi connectivity index (χ0n) is 12.7. The first-order valence-corrected chi connectivity index (χ1v) is 8.90. The van der Waals surface area contributed by atoms with Crippen LogP contribution in [0.3, 0.4) is 0 Å². The largest absolute Gasteiger partial charge is 0.372 e. The summed E-state index contributed by atoms with van der Waals surface area (Å²) in [4.78, 5) is 7.55. The highest BCUT2D eigenvalue weighted by atomic mass is 32.2. The lowest BCUT2D eigenvalue weighted by molar-refractivity contribution is 0.000733. The van der Waals surface area contributed by atoms with Crippen molar-refractivity contribution in [3.63, 3.8) is 0 Å². The lowest BCUT2D eigenvalue weighted by atomic mass is 10.2. The van der Waals surface area contributed by atoms with Gasteiger partial charge in [0.15, 0.2) is 16.1 Å². The van der Waals surface area contributed by atoms with Gasteiger partial charge in [-0.3, -0.25) is 0 Å². The van der Waals surface area contributed by atoms with Crippen molar-refractivity contribution >= 4 is 32.5 Å². The molecule has 1 atom stereocenters. The van der Waals surface area contributed by atoms with Gasteiger partial charge < -0.3 is 20.6 Å². The monoisotopic (exact) mass is 348 g/mol. The molecule has 0 aliphatic carbocycles. The Kier molecular flexibility index (Phi) is 4.24. The summed E-state index contributed by atoms with van der Waals surface area (Å²) in [5.41, 5.74) is 4.09. The van der Waals surface area contributed by atoms with Crippen molar-refractivity contribution in [3.8, 4) is 0 Å². The maximum atomic E-state index is 11.6. The minimum atomic E-state index is -3.29. The van der Waals surface area contributed by atoms with E-state index in [4.69, 9.17) is 5.21 Å². The molecule has 0 amide bonds. The molecule has 2 aromatic carbocycles. The van der Waals surface area contributed by atoms with Crippen LogP contribution in [0.2, 0.25) is 0 Å². The third kappa shape index (κ3) is 3.39. The van der Waals surface area contributed by atoms with Crippen molar-refractivity contribution in [2.45, 2.75) is 11.1 Å². The number of benzene rings is 2. The van der Waals surface area contributed by atoms with Crippen LogP contribution < -0.4 is 10.8 Å². The number of rotatable bonds is 5. The number of sulfone groups is 1. The summed E-state index contributed by atoms with van der Waals surface area (Å²) in [6.07, 6.45) is -0.0462. The van der Waals surface area contributed by atoms with E-state index >= 15 is 0 Å². The SMILES string of the molecule is CS(=O)(=O)c1ccc2nc(Nc3cccc(C(O)NO)c3)[nH]c2c1. The number of hydrogen-bond acceptors (Lipinski definition) is 7. The Labute approximate surface area is 138 Å². The highest BCUT2D eigenvalue weighted by molar-refractivity contribution is 7.90. The van der Waals surface area contributed by atoms with E-state index in [1.165, 1.54) is 12.1 Å². The van der Waals surface area contributed by atoms with Crippen LogP contribution >= 0.6 is 0 Å². The quantitative estimate of drug-likeness (QED) is 0.350. The van der Waals surface area contributed by atoms with Crippen molar-refractivity contribution in [1.82, 2.24) is 15.4 Å². The molecule has 0 spiro atoms. The fourth-order valence-electron chi connectivity index (χ4n) is 2.28. The van der Waals surface area contributed by atoms with E-state index in [9.17, 15) is 13.5 Å². The number of hydrogen-bond donors (Lipinski definition) is 5. The van der Waals surface area contributed by atoms with Crippen LogP contribution in [-0.4, -0.2) is 35.0 Å². The van der Waals surface area contributed by atoms with Crippen LogP contribution in [0.5, 0.6) is 0 Å². The normalized spacial score (nSPS) is 13.1. The van der Waals surface area contributed by atoms with Gasteiger partial charge in [-0.25, -0.2) is 13.4 Å². The van der Waals surface area contributed by atoms with Crippen LogP contribution in [0.15, 0.2) is 47.4 Å². The van der Waals surface area contributed by atoms with Gasteiger partial charge in [0.25, 0.3) is 0 Å². The Morgan fingerprint density at radius 3 is 2.71 bits per heavy atom. The second-order valence-electron chi connectivity index (χ2n) is 5.32. The number of nitrogens with one attached hydrogen (secondary N) is 3. The molecule has 0 aliphatic rings. The van der Waals surface area contributed by atoms with Crippen LogP contribution in [0.4, 0.5) is 11.6 Å². The van der Waals surface area contributed by atoms with Gasteiger partial charge >= 0.3 is 0 Å². The van der Waals surface area contributed by atoms with Crippen molar-refractivity contribution in [1.29, 1.82) is 0 Å². The topological polar surface area (TPSA) is 127 Å². The van der Waals surface area contributed by atoms with Crippen LogP contribution in [0.1, 0.15) is 11.8 Å². The third-order valence-corrected chi connectivity index (χ3v) is 4.58. The number of nitrogens with zero attached hydrogens (tertiary/aromatic N) is 1. The van der Waals surface area contributed by atoms with E-state index in [2.05, 4.69) is 15.3 Å². The highest BCUT2D eigenvalue weighted by Crippen LogP contribution is 2.22. The van der Waals surface area contributed by atoms with E-state index in [1.54, 1.807) is 35.8 Å². The molecule has 0 aliphatic heterocycles. The van der Waals surface area contributed by atoms with E-state index in [0.29, 0.717) is 28.2 Å². The molecular weight excluding hydrogens is 332 g/mol. The van der Waals surface area contributed by atoms with Gasteiger partial charge in [0.1, 0.15) is 0 Å². The molecule has 0 saturated heterocycles. The third-order valence-electron chi connectivity index (χ3n) is 3.47. The first-order chi connectivity index (χ1) is 11.4. The van der Waals surface area contributed by atoms with E-state index < -0.39 is 16.1 Å². The van der Waals surface area contributed by atoms with E-state index in [-0.39, 0.29) is 4.90 Å². The standard InChI is InChI=1S/C15H16N4O4S/c1-24(22,23)11-5-6-12-13(8-11)18-15(17-12)16-10-4-2-3-9(7-10)14(20)19-21/h2-8,14,19-21H,1H3,(H2,16,17,18). The number of aromatic amines is 1. The molecule has 24 heavy (non-hydrogen) atoms. The molecular formula is C15H16N4O4S. The number of aliphatic hydroxyl groups is 1. The predicted octanol–water partition coefficient (Wildman–Crippen LogP) is 1.68. The summed E-state index contributed by atoms with van der Waals surface area (Å²) in [5, 5.41) is 21.4. The zero-order chi connectivity index (χ0) is 17.3. The Balaban J connectivity index is 1.91. The smallest absolute Gasteiger partial charge is 0.205 e. The van der Waals surface area contributed by atoms with E-state index in [0.717, 1.165) is 6.26 Å². The summed E-state index contributed by atoms with van der Waals surface area (Å²) in [7, 11) is -3.29. The number of imidazole rings is 1. The first-order valence-electron chi connectivity index (χ1n) is 7.01. The molecule has 1 heterocycles. The fraction of sp³-hybridized carbons (Fsp3) is 0.133. The molecule has 0 bridgehead atoms. The number of anilines is 2. The average Bonchev–Trinajstić information content (AvgIpc) is 2.94. The molecule has 126 valence electrons. The van der Waals surface area contributed by atoms with Crippen molar-refractivity contribution in [3.05, 3.63) is 48.0 Å². The fourth-order valence-corrected chi connectivity index (χ4v) is 2.92. The number of aromatic nitrogens is 2. The zero-order valence-corrected chi connectivity index (χ0v) is 13.5. The molecule has 0 fully saturated rings. The Bertz CT molecular complexity index is 984. The second kappa shape index (κ2) is 6.21. The minimum Gasteiger partial charge on any atom is -0.372 e. The Hall–Kier alpha value is -2.46. The molecule has 8 nitrogen and oxygen atoms in total. The van der Waals surface area contributed by atoms with Gasteiger partial charge in [0.2, 0.25) is 5.95 Å². The van der Waals surface area contributed by atoms with Gasteiger partial charge in [-0.05, 0) is 35.9 Å². The first kappa shape index (κ1) is 16.4. The minimum absolute atomic E-state index is 0.212.